The normalized spacial score (nSPS) is 10.8. The number of fused-ring (bicyclic) bond motifs is 1. The highest BCUT2D eigenvalue weighted by atomic mass is 35.5. The molecular formula is C21H16ClN3O. The molecule has 3 aromatic carbocycles. The van der Waals surface area contributed by atoms with Crippen LogP contribution in [0.25, 0.3) is 16.7 Å². The van der Waals surface area contributed by atoms with E-state index in [1.54, 1.807) is 30.6 Å². The average molecular weight is 362 g/mol. The fourth-order valence-corrected chi connectivity index (χ4v) is 3.05. The summed E-state index contributed by atoms with van der Waals surface area (Å²) in [5.41, 5.74) is 5.33. The van der Waals surface area contributed by atoms with Gasteiger partial charge in [-0.25, -0.2) is 4.98 Å². The van der Waals surface area contributed by atoms with Gasteiger partial charge in [-0.1, -0.05) is 29.8 Å². The number of anilines is 1. The van der Waals surface area contributed by atoms with Crippen molar-refractivity contribution in [2.45, 2.75) is 6.92 Å². The van der Waals surface area contributed by atoms with Crippen LogP contribution < -0.4 is 5.32 Å². The minimum absolute atomic E-state index is 0.181. The number of nitrogens with one attached hydrogen (secondary N) is 1. The molecule has 0 radical (unpaired) electrons. The molecule has 1 aromatic heterocycles. The lowest BCUT2D eigenvalue weighted by atomic mass is 10.2. The van der Waals surface area contributed by atoms with Gasteiger partial charge in [-0.3, -0.25) is 9.36 Å². The van der Waals surface area contributed by atoms with Crippen LogP contribution in [0.3, 0.4) is 0 Å². The van der Waals surface area contributed by atoms with Crippen molar-refractivity contribution < 1.29 is 4.79 Å². The second-order valence-electron chi connectivity index (χ2n) is 6.07. The lowest BCUT2D eigenvalue weighted by molar-refractivity contribution is 0.102. The summed E-state index contributed by atoms with van der Waals surface area (Å²) in [6.45, 7) is 2.07. The third-order valence-electron chi connectivity index (χ3n) is 4.29. The lowest BCUT2D eigenvalue weighted by Crippen LogP contribution is -2.11. The molecule has 5 heteroatoms. The molecule has 0 atom stereocenters. The van der Waals surface area contributed by atoms with Gasteiger partial charge in [-0.15, -0.1) is 0 Å². The molecule has 0 saturated heterocycles. The van der Waals surface area contributed by atoms with Crippen molar-refractivity contribution in [1.29, 1.82) is 0 Å². The summed E-state index contributed by atoms with van der Waals surface area (Å²) in [5.74, 6) is -0.181. The molecule has 26 heavy (non-hydrogen) atoms. The first kappa shape index (κ1) is 16.4. The number of rotatable bonds is 3. The Labute approximate surface area is 156 Å². The molecule has 0 saturated carbocycles. The van der Waals surface area contributed by atoms with Crippen LogP contribution in [0.5, 0.6) is 0 Å². The zero-order valence-corrected chi connectivity index (χ0v) is 14.9. The number of imidazole rings is 1. The number of benzene rings is 3. The van der Waals surface area contributed by atoms with Crippen LogP contribution >= 0.6 is 11.6 Å². The molecule has 1 N–H and O–H groups in total. The van der Waals surface area contributed by atoms with Crippen LogP contribution in [0, 0.1) is 6.92 Å². The highest BCUT2D eigenvalue weighted by molar-refractivity contribution is 6.30. The number of para-hydroxylation sites is 1. The van der Waals surface area contributed by atoms with Crippen LogP contribution in [-0.4, -0.2) is 15.5 Å². The fourth-order valence-electron chi connectivity index (χ4n) is 2.92. The predicted molar refractivity (Wildman–Crippen MR) is 105 cm³/mol. The van der Waals surface area contributed by atoms with Gasteiger partial charge >= 0.3 is 0 Å². The summed E-state index contributed by atoms with van der Waals surface area (Å²) in [7, 11) is 0. The largest absolute Gasteiger partial charge is 0.322 e. The van der Waals surface area contributed by atoms with Crippen LogP contribution in [0.1, 0.15) is 15.9 Å². The van der Waals surface area contributed by atoms with Gasteiger partial charge in [0, 0.05) is 16.3 Å². The average Bonchev–Trinajstić information content (AvgIpc) is 3.05. The number of carbonyl (C=O) groups is 1. The van der Waals surface area contributed by atoms with E-state index in [9.17, 15) is 4.79 Å². The van der Waals surface area contributed by atoms with Crippen molar-refractivity contribution in [3.05, 3.63) is 89.2 Å². The number of hydrogen-bond donors (Lipinski definition) is 1. The van der Waals surface area contributed by atoms with E-state index >= 15 is 0 Å². The molecule has 0 unspecified atom stereocenters. The first-order valence-electron chi connectivity index (χ1n) is 8.22. The van der Waals surface area contributed by atoms with Gasteiger partial charge in [0.1, 0.15) is 6.33 Å². The van der Waals surface area contributed by atoms with E-state index < -0.39 is 0 Å². The zero-order chi connectivity index (χ0) is 18.1. The molecule has 0 aliphatic carbocycles. The molecule has 1 heterocycles. The second kappa shape index (κ2) is 6.65. The number of carbonyl (C=O) groups excluding carboxylic acids is 1. The Bertz CT molecular complexity index is 1100. The maximum Gasteiger partial charge on any atom is 0.255 e. The Balaban J connectivity index is 1.64. The molecule has 4 aromatic rings. The number of nitrogens with zero attached hydrogens (tertiary/aromatic N) is 2. The van der Waals surface area contributed by atoms with Gasteiger partial charge in [0.15, 0.2) is 0 Å². The standard InChI is InChI=1S/C21H16ClN3O/c1-14-4-2-3-5-19(14)25-13-23-18-12-17(10-11-20(18)25)24-21(26)15-6-8-16(22)9-7-15/h2-13H,1H3,(H,24,26). The van der Waals surface area contributed by atoms with Gasteiger partial charge in [-0.2, -0.15) is 0 Å². The zero-order valence-electron chi connectivity index (χ0n) is 14.1. The van der Waals surface area contributed by atoms with Gasteiger partial charge in [-0.05, 0) is 61.0 Å². The molecule has 128 valence electrons. The van der Waals surface area contributed by atoms with Crippen molar-refractivity contribution in [2.24, 2.45) is 0 Å². The minimum Gasteiger partial charge on any atom is -0.322 e. The Kier molecular flexibility index (Phi) is 4.19. The molecule has 4 rings (SSSR count). The summed E-state index contributed by atoms with van der Waals surface area (Å²) in [6, 6.07) is 20.7. The first-order valence-corrected chi connectivity index (χ1v) is 8.60. The third-order valence-corrected chi connectivity index (χ3v) is 4.54. The van der Waals surface area contributed by atoms with Crippen molar-refractivity contribution in [1.82, 2.24) is 9.55 Å². The monoisotopic (exact) mass is 361 g/mol. The molecule has 4 nitrogen and oxygen atoms in total. The smallest absolute Gasteiger partial charge is 0.255 e. The minimum atomic E-state index is -0.181. The Morgan fingerprint density at radius 1 is 1.04 bits per heavy atom. The molecule has 0 aliphatic rings. The number of halogens is 1. The number of amides is 1. The molecular weight excluding hydrogens is 346 g/mol. The SMILES string of the molecule is Cc1ccccc1-n1cnc2cc(NC(=O)c3ccc(Cl)cc3)ccc21. The molecule has 0 fully saturated rings. The molecule has 0 spiro atoms. The van der Waals surface area contributed by atoms with E-state index in [4.69, 9.17) is 11.6 Å². The van der Waals surface area contributed by atoms with Crippen LogP contribution in [0.4, 0.5) is 5.69 Å². The van der Waals surface area contributed by atoms with E-state index in [0.717, 1.165) is 16.7 Å². The van der Waals surface area contributed by atoms with Crippen molar-refractivity contribution >= 4 is 34.2 Å². The summed E-state index contributed by atoms with van der Waals surface area (Å²) in [6.07, 6.45) is 1.80. The van der Waals surface area contributed by atoms with Crippen molar-refractivity contribution in [2.75, 3.05) is 5.32 Å². The summed E-state index contributed by atoms with van der Waals surface area (Å²) < 4.78 is 2.05. The number of hydrogen-bond acceptors (Lipinski definition) is 2. The second-order valence-corrected chi connectivity index (χ2v) is 6.50. The van der Waals surface area contributed by atoms with E-state index in [-0.39, 0.29) is 5.91 Å². The Morgan fingerprint density at radius 3 is 2.58 bits per heavy atom. The highest BCUT2D eigenvalue weighted by Gasteiger charge is 2.10. The Morgan fingerprint density at radius 2 is 1.81 bits per heavy atom. The summed E-state index contributed by atoms with van der Waals surface area (Å²) in [4.78, 5) is 16.8. The topological polar surface area (TPSA) is 46.9 Å². The molecule has 0 bridgehead atoms. The van der Waals surface area contributed by atoms with Gasteiger partial charge in [0.25, 0.3) is 5.91 Å². The van der Waals surface area contributed by atoms with Crippen molar-refractivity contribution in [3.8, 4) is 5.69 Å². The maximum atomic E-state index is 12.4. The van der Waals surface area contributed by atoms with E-state index in [0.29, 0.717) is 16.3 Å². The van der Waals surface area contributed by atoms with E-state index in [1.165, 1.54) is 5.56 Å². The fraction of sp³-hybridized carbons (Fsp3) is 0.0476. The third kappa shape index (κ3) is 3.07. The van der Waals surface area contributed by atoms with Gasteiger partial charge in [0.05, 0.1) is 16.7 Å². The highest BCUT2D eigenvalue weighted by Crippen LogP contribution is 2.23. The first-order chi connectivity index (χ1) is 12.6. The summed E-state index contributed by atoms with van der Waals surface area (Å²) >= 11 is 5.86. The summed E-state index contributed by atoms with van der Waals surface area (Å²) in [5, 5.41) is 3.50. The van der Waals surface area contributed by atoms with E-state index in [2.05, 4.69) is 33.9 Å². The predicted octanol–water partition coefficient (Wildman–Crippen LogP) is 5.24. The van der Waals surface area contributed by atoms with Crippen molar-refractivity contribution in [3.63, 3.8) is 0 Å². The van der Waals surface area contributed by atoms with Gasteiger partial charge in [0.2, 0.25) is 0 Å². The number of aryl methyl sites for hydroxylation is 1. The van der Waals surface area contributed by atoms with Gasteiger partial charge < -0.3 is 5.32 Å². The lowest BCUT2D eigenvalue weighted by Gasteiger charge is -2.09. The van der Waals surface area contributed by atoms with Crippen LogP contribution in [-0.2, 0) is 0 Å². The quantitative estimate of drug-likeness (QED) is 0.542. The maximum absolute atomic E-state index is 12.4. The molecule has 1 amide bonds. The van der Waals surface area contributed by atoms with Crippen LogP contribution in [0.2, 0.25) is 5.02 Å². The Hall–Kier alpha value is -3.11. The van der Waals surface area contributed by atoms with Crippen LogP contribution in [0.15, 0.2) is 73.1 Å². The number of aromatic nitrogens is 2. The van der Waals surface area contributed by atoms with E-state index in [1.807, 2.05) is 30.3 Å². The molecule has 0 aliphatic heterocycles.